The highest BCUT2D eigenvalue weighted by Crippen LogP contribution is 2.58. The van der Waals surface area contributed by atoms with E-state index in [4.69, 9.17) is 11.5 Å². The molecule has 1 saturated carbocycles. The van der Waals surface area contributed by atoms with Crippen molar-refractivity contribution < 1.29 is 14.7 Å². The van der Waals surface area contributed by atoms with Gasteiger partial charge in [-0.3, -0.25) is 9.59 Å². The number of amides is 1. The molecule has 1 aliphatic rings. The van der Waals surface area contributed by atoms with Gasteiger partial charge >= 0.3 is 5.97 Å². The van der Waals surface area contributed by atoms with Crippen LogP contribution < -0.4 is 5.32 Å². The Morgan fingerprint density at radius 1 is 1.38 bits per heavy atom. The second-order valence-corrected chi connectivity index (χ2v) is 5.37. The molecule has 4 heteroatoms. The van der Waals surface area contributed by atoms with E-state index in [1.165, 1.54) is 0 Å². The van der Waals surface area contributed by atoms with E-state index in [2.05, 4.69) is 11.2 Å². The summed E-state index contributed by atoms with van der Waals surface area (Å²) >= 11 is 0. The van der Waals surface area contributed by atoms with Crippen molar-refractivity contribution >= 4 is 11.9 Å². The van der Waals surface area contributed by atoms with Crippen LogP contribution in [0.4, 0.5) is 0 Å². The third-order valence-electron chi connectivity index (χ3n) is 3.17. The molecule has 88 valence electrons. The van der Waals surface area contributed by atoms with Crippen molar-refractivity contribution in [3.63, 3.8) is 0 Å². The lowest BCUT2D eigenvalue weighted by Gasteiger charge is -2.19. The minimum Gasteiger partial charge on any atom is -0.481 e. The van der Waals surface area contributed by atoms with Gasteiger partial charge in [-0.15, -0.1) is 6.42 Å². The van der Waals surface area contributed by atoms with Crippen molar-refractivity contribution in [3.8, 4) is 12.3 Å². The second-order valence-electron chi connectivity index (χ2n) is 5.37. The summed E-state index contributed by atoms with van der Waals surface area (Å²) in [6.45, 7) is 6.96. The Kier molecular flexibility index (Phi) is 2.76. The molecule has 0 aliphatic heterocycles. The topological polar surface area (TPSA) is 66.4 Å². The third-order valence-corrected chi connectivity index (χ3v) is 3.17. The van der Waals surface area contributed by atoms with Crippen LogP contribution in [-0.2, 0) is 9.59 Å². The van der Waals surface area contributed by atoms with Crippen molar-refractivity contribution in [1.82, 2.24) is 5.32 Å². The Balaban J connectivity index is 2.73. The van der Waals surface area contributed by atoms with Gasteiger partial charge in [0.1, 0.15) is 0 Å². The van der Waals surface area contributed by atoms with E-state index in [9.17, 15) is 9.59 Å². The number of aliphatic carboxylic acids is 1. The molecular weight excluding hydrogens is 206 g/mol. The summed E-state index contributed by atoms with van der Waals surface area (Å²) in [6.07, 6.45) is 5.26. The molecule has 0 spiro atoms. The molecule has 1 fully saturated rings. The zero-order chi connectivity index (χ0) is 12.7. The Hall–Kier alpha value is -1.50. The first-order valence-corrected chi connectivity index (χ1v) is 5.16. The number of nitrogens with one attached hydrogen (secondary N) is 1. The number of carboxylic acids is 1. The Bertz CT molecular complexity index is 376. The summed E-state index contributed by atoms with van der Waals surface area (Å²) in [7, 11) is 0. The maximum Gasteiger partial charge on any atom is 0.307 e. The monoisotopic (exact) mass is 223 g/mol. The summed E-state index contributed by atoms with van der Waals surface area (Å²) in [5, 5.41) is 11.6. The fourth-order valence-electron chi connectivity index (χ4n) is 2.01. The average Bonchev–Trinajstić information content (AvgIpc) is 2.68. The number of carbonyl (C=O) groups is 2. The number of hydrogen-bond donors (Lipinski definition) is 2. The van der Waals surface area contributed by atoms with Crippen molar-refractivity contribution in [2.24, 2.45) is 17.3 Å². The molecule has 0 heterocycles. The largest absolute Gasteiger partial charge is 0.481 e. The highest BCUT2D eigenvalue weighted by Gasteiger charge is 2.66. The predicted molar refractivity (Wildman–Crippen MR) is 59.5 cm³/mol. The predicted octanol–water partition coefficient (Wildman–Crippen LogP) is 0.871. The Morgan fingerprint density at radius 3 is 2.19 bits per heavy atom. The molecule has 1 amide bonds. The van der Waals surface area contributed by atoms with Gasteiger partial charge < -0.3 is 10.4 Å². The van der Waals surface area contributed by atoms with E-state index < -0.39 is 28.8 Å². The summed E-state index contributed by atoms with van der Waals surface area (Å²) in [5.41, 5.74) is -1.22. The first-order valence-electron chi connectivity index (χ1n) is 5.16. The van der Waals surface area contributed by atoms with E-state index >= 15 is 0 Å². The standard InChI is InChI=1S/C12H17NO3/c1-6-11(2,3)13-9(14)7-8(10(15)16)12(7,4)5/h1,7-8H,2-5H3,(H,13,14)(H,15,16)/t7-,8+/m1/s1. The summed E-state index contributed by atoms with van der Waals surface area (Å²) in [4.78, 5) is 22.7. The van der Waals surface area contributed by atoms with Gasteiger partial charge in [-0.05, 0) is 19.3 Å². The van der Waals surface area contributed by atoms with Crippen LogP contribution in [0.2, 0.25) is 0 Å². The molecule has 4 nitrogen and oxygen atoms in total. The van der Waals surface area contributed by atoms with E-state index in [1.807, 2.05) is 0 Å². The Labute approximate surface area is 95.4 Å². The first kappa shape index (κ1) is 12.6. The van der Waals surface area contributed by atoms with Crippen LogP contribution in [0.5, 0.6) is 0 Å². The van der Waals surface area contributed by atoms with Crippen LogP contribution in [0.25, 0.3) is 0 Å². The summed E-state index contributed by atoms with van der Waals surface area (Å²) < 4.78 is 0. The quantitative estimate of drug-likeness (QED) is 0.698. The van der Waals surface area contributed by atoms with Gasteiger partial charge in [0.2, 0.25) is 5.91 Å². The van der Waals surface area contributed by atoms with Crippen molar-refractivity contribution in [2.75, 3.05) is 0 Å². The number of carbonyl (C=O) groups excluding carboxylic acids is 1. The second kappa shape index (κ2) is 3.51. The molecule has 1 aliphatic carbocycles. The minimum atomic E-state index is -0.927. The van der Waals surface area contributed by atoms with Crippen LogP contribution in [0.15, 0.2) is 0 Å². The normalized spacial score (nSPS) is 26.7. The lowest BCUT2D eigenvalue weighted by Crippen LogP contribution is -2.43. The highest BCUT2D eigenvalue weighted by molar-refractivity contribution is 5.92. The lowest BCUT2D eigenvalue weighted by molar-refractivity contribution is -0.140. The van der Waals surface area contributed by atoms with Crippen molar-refractivity contribution in [2.45, 2.75) is 33.2 Å². The maximum atomic E-state index is 11.8. The van der Waals surface area contributed by atoms with E-state index in [0.717, 1.165) is 0 Å². The SMILES string of the molecule is C#CC(C)(C)NC(=O)[C@H]1[C@@H](C(=O)O)C1(C)C. The van der Waals surface area contributed by atoms with Crippen LogP contribution >= 0.6 is 0 Å². The molecular formula is C12H17NO3. The van der Waals surface area contributed by atoms with E-state index in [0.29, 0.717) is 0 Å². The molecule has 2 N–H and O–H groups in total. The van der Waals surface area contributed by atoms with Crippen LogP contribution in [0.3, 0.4) is 0 Å². The van der Waals surface area contributed by atoms with Gasteiger partial charge in [0.25, 0.3) is 0 Å². The molecule has 0 radical (unpaired) electrons. The van der Waals surface area contributed by atoms with Crippen LogP contribution in [0, 0.1) is 29.6 Å². The molecule has 1 rings (SSSR count). The zero-order valence-electron chi connectivity index (χ0n) is 10.00. The molecule has 0 aromatic rings. The van der Waals surface area contributed by atoms with E-state index in [-0.39, 0.29) is 5.91 Å². The van der Waals surface area contributed by atoms with Gasteiger partial charge in [0.05, 0.1) is 17.4 Å². The Morgan fingerprint density at radius 2 is 1.88 bits per heavy atom. The van der Waals surface area contributed by atoms with Gasteiger partial charge in [-0.2, -0.15) is 0 Å². The molecule has 0 unspecified atom stereocenters. The fraction of sp³-hybridized carbons (Fsp3) is 0.667. The number of rotatable bonds is 3. The summed E-state index contributed by atoms with van der Waals surface area (Å²) in [6, 6.07) is 0. The number of terminal acetylenes is 1. The molecule has 0 aromatic carbocycles. The van der Waals surface area contributed by atoms with E-state index in [1.54, 1.807) is 27.7 Å². The van der Waals surface area contributed by atoms with Gasteiger partial charge in [0.15, 0.2) is 0 Å². The van der Waals surface area contributed by atoms with Gasteiger partial charge in [-0.1, -0.05) is 19.8 Å². The van der Waals surface area contributed by atoms with Crippen molar-refractivity contribution in [1.29, 1.82) is 0 Å². The zero-order valence-corrected chi connectivity index (χ0v) is 10.00. The molecule has 2 atom stereocenters. The molecule has 0 saturated heterocycles. The number of carboxylic acid groups (broad SMARTS) is 1. The van der Waals surface area contributed by atoms with Crippen molar-refractivity contribution in [3.05, 3.63) is 0 Å². The minimum absolute atomic E-state index is 0.277. The summed E-state index contributed by atoms with van der Waals surface area (Å²) in [5.74, 6) is 0.144. The average molecular weight is 223 g/mol. The lowest BCUT2D eigenvalue weighted by atomic mass is 10.1. The maximum absolute atomic E-state index is 11.8. The van der Waals surface area contributed by atoms with Crippen LogP contribution in [0.1, 0.15) is 27.7 Å². The van der Waals surface area contributed by atoms with Crippen LogP contribution in [-0.4, -0.2) is 22.5 Å². The number of hydrogen-bond acceptors (Lipinski definition) is 2. The first-order chi connectivity index (χ1) is 7.13. The van der Waals surface area contributed by atoms with Gasteiger partial charge in [0, 0.05) is 0 Å². The molecule has 0 aromatic heterocycles. The molecule has 0 bridgehead atoms. The highest BCUT2D eigenvalue weighted by atomic mass is 16.4. The molecule has 16 heavy (non-hydrogen) atoms. The smallest absolute Gasteiger partial charge is 0.307 e. The third kappa shape index (κ3) is 2.04. The fourth-order valence-corrected chi connectivity index (χ4v) is 2.01. The van der Waals surface area contributed by atoms with Gasteiger partial charge in [-0.25, -0.2) is 0 Å².